The van der Waals surface area contributed by atoms with E-state index in [1.165, 1.54) is 0 Å². The summed E-state index contributed by atoms with van der Waals surface area (Å²) in [5.41, 5.74) is 1.06. The lowest BCUT2D eigenvalue weighted by atomic mass is 10.2. The van der Waals surface area contributed by atoms with Crippen molar-refractivity contribution in [3.05, 3.63) is 23.8 Å². The van der Waals surface area contributed by atoms with Gasteiger partial charge in [-0.3, -0.25) is 0 Å². The second-order valence-corrected chi connectivity index (χ2v) is 3.38. The molecule has 2 N–H and O–H groups in total. The van der Waals surface area contributed by atoms with E-state index in [-0.39, 0.29) is 13.2 Å². The number of hydrogen-bond acceptors (Lipinski definition) is 4. The molecule has 0 aromatic heterocycles. The Morgan fingerprint density at radius 3 is 2.88 bits per heavy atom. The zero-order valence-electron chi connectivity index (χ0n) is 9.90. The Labute approximate surface area is 102 Å². The van der Waals surface area contributed by atoms with Crippen LogP contribution in [0, 0.1) is 12.3 Å². The predicted octanol–water partition coefficient (Wildman–Crippen LogP) is 0.789. The molecule has 17 heavy (non-hydrogen) atoms. The van der Waals surface area contributed by atoms with Gasteiger partial charge in [0.2, 0.25) is 0 Å². The van der Waals surface area contributed by atoms with Crippen LogP contribution in [0.3, 0.4) is 0 Å². The molecule has 0 aliphatic carbocycles. The summed E-state index contributed by atoms with van der Waals surface area (Å²) in [5.74, 6) is 3.70. The highest BCUT2D eigenvalue weighted by atomic mass is 16.5. The van der Waals surface area contributed by atoms with Gasteiger partial charge in [-0.15, -0.1) is 6.42 Å². The smallest absolute Gasteiger partial charge is 0.162 e. The van der Waals surface area contributed by atoms with Crippen LogP contribution in [-0.2, 0) is 6.54 Å². The van der Waals surface area contributed by atoms with E-state index in [1.807, 2.05) is 18.2 Å². The minimum atomic E-state index is 0.125. The van der Waals surface area contributed by atoms with Gasteiger partial charge in [-0.25, -0.2) is 0 Å². The summed E-state index contributed by atoms with van der Waals surface area (Å²) in [5, 5.41) is 11.7. The third-order valence-electron chi connectivity index (χ3n) is 2.16. The Hall–Kier alpha value is -1.70. The number of nitrogens with one attached hydrogen (secondary N) is 1. The van der Waals surface area contributed by atoms with E-state index in [1.54, 1.807) is 7.11 Å². The molecule has 0 bridgehead atoms. The van der Waals surface area contributed by atoms with Crippen LogP contribution in [0.2, 0.25) is 0 Å². The van der Waals surface area contributed by atoms with Gasteiger partial charge in [-0.05, 0) is 17.7 Å². The predicted molar refractivity (Wildman–Crippen MR) is 66.1 cm³/mol. The molecule has 0 aliphatic rings. The Balaban J connectivity index is 2.67. The molecule has 0 spiro atoms. The first-order chi connectivity index (χ1) is 8.31. The average molecular weight is 235 g/mol. The number of benzene rings is 1. The number of ether oxygens (including phenoxy) is 2. The molecule has 1 aromatic rings. The maximum absolute atomic E-state index is 8.66. The van der Waals surface area contributed by atoms with Gasteiger partial charge in [0, 0.05) is 13.1 Å². The summed E-state index contributed by atoms with van der Waals surface area (Å²) in [6.07, 6.45) is 5.13. The molecule has 1 rings (SSSR count). The highest BCUT2D eigenvalue weighted by Gasteiger charge is 2.05. The lowest BCUT2D eigenvalue weighted by molar-refractivity contribution is 0.292. The molecule has 4 nitrogen and oxygen atoms in total. The van der Waals surface area contributed by atoms with Crippen LogP contribution < -0.4 is 14.8 Å². The molecule has 0 saturated carbocycles. The molecule has 0 aliphatic heterocycles. The van der Waals surface area contributed by atoms with E-state index in [0.717, 1.165) is 5.56 Å². The first-order valence-corrected chi connectivity index (χ1v) is 5.36. The van der Waals surface area contributed by atoms with Gasteiger partial charge in [-0.2, -0.15) is 0 Å². The van der Waals surface area contributed by atoms with Crippen LogP contribution in [0.5, 0.6) is 11.5 Å². The van der Waals surface area contributed by atoms with E-state index in [4.69, 9.17) is 21.0 Å². The monoisotopic (exact) mass is 235 g/mol. The molecule has 0 atom stereocenters. The fourth-order valence-electron chi connectivity index (χ4n) is 1.37. The van der Waals surface area contributed by atoms with Crippen molar-refractivity contribution in [3.8, 4) is 23.8 Å². The van der Waals surface area contributed by atoms with Gasteiger partial charge in [0.15, 0.2) is 11.5 Å². The van der Waals surface area contributed by atoms with Crippen molar-refractivity contribution in [1.82, 2.24) is 5.32 Å². The average Bonchev–Trinajstić information content (AvgIpc) is 2.37. The van der Waals surface area contributed by atoms with Gasteiger partial charge >= 0.3 is 0 Å². The second kappa shape index (κ2) is 7.55. The highest BCUT2D eigenvalue weighted by Crippen LogP contribution is 2.27. The topological polar surface area (TPSA) is 50.7 Å². The second-order valence-electron chi connectivity index (χ2n) is 3.38. The number of methoxy groups -OCH3 is 1. The molecular weight excluding hydrogens is 218 g/mol. The molecule has 0 radical (unpaired) electrons. The van der Waals surface area contributed by atoms with Crippen molar-refractivity contribution in [2.24, 2.45) is 0 Å². The standard InChI is InChI=1S/C13H17NO3/c1-3-8-17-12-5-4-11(9-13(12)16-2)10-14-6-7-15/h1,4-5,9,14-15H,6-8,10H2,2H3. The Morgan fingerprint density at radius 1 is 1.41 bits per heavy atom. The van der Waals surface area contributed by atoms with E-state index >= 15 is 0 Å². The van der Waals surface area contributed by atoms with Crippen molar-refractivity contribution >= 4 is 0 Å². The summed E-state index contributed by atoms with van der Waals surface area (Å²) >= 11 is 0. The first-order valence-electron chi connectivity index (χ1n) is 5.36. The molecule has 92 valence electrons. The molecule has 4 heteroatoms. The summed E-state index contributed by atoms with van der Waals surface area (Å²) in [4.78, 5) is 0. The minimum Gasteiger partial charge on any atom is -0.493 e. The zero-order chi connectivity index (χ0) is 12.5. The van der Waals surface area contributed by atoms with Crippen molar-refractivity contribution < 1.29 is 14.6 Å². The third kappa shape index (κ3) is 4.35. The quantitative estimate of drug-likeness (QED) is 0.542. The maximum Gasteiger partial charge on any atom is 0.162 e. The number of aliphatic hydroxyl groups is 1. The Bertz CT molecular complexity index is 385. The lowest BCUT2D eigenvalue weighted by Crippen LogP contribution is -2.17. The van der Waals surface area contributed by atoms with Crippen LogP contribution in [0.4, 0.5) is 0 Å². The minimum absolute atomic E-state index is 0.125. The van der Waals surface area contributed by atoms with E-state index in [0.29, 0.717) is 24.6 Å². The number of hydrogen-bond donors (Lipinski definition) is 2. The van der Waals surface area contributed by atoms with E-state index in [9.17, 15) is 0 Å². The van der Waals surface area contributed by atoms with E-state index in [2.05, 4.69) is 11.2 Å². The van der Waals surface area contributed by atoms with Crippen molar-refractivity contribution in [2.75, 3.05) is 26.9 Å². The van der Waals surface area contributed by atoms with Gasteiger partial charge in [0.1, 0.15) is 6.61 Å². The Morgan fingerprint density at radius 2 is 2.24 bits per heavy atom. The molecule has 1 aromatic carbocycles. The van der Waals surface area contributed by atoms with E-state index < -0.39 is 0 Å². The van der Waals surface area contributed by atoms with Gasteiger partial charge < -0.3 is 19.9 Å². The van der Waals surface area contributed by atoms with Crippen molar-refractivity contribution in [2.45, 2.75) is 6.54 Å². The normalized spacial score (nSPS) is 9.71. The van der Waals surface area contributed by atoms with Crippen LogP contribution in [0.25, 0.3) is 0 Å². The number of aliphatic hydroxyl groups excluding tert-OH is 1. The molecule has 0 saturated heterocycles. The molecule has 0 fully saturated rings. The summed E-state index contributed by atoms with van der Waals surface area (Å²) in [6.45, 7) is 1.59. The molecular formula is C13H17NO3. The molecule has 0 unspecified atom stereocenters. The van der Waals surface area contributed by atoms with Gasteiger partial charge in [-0.1, -0.05) is 12.0 Å². The number of terminal acetylenes is 1. The summed E-state index contributed by atoms with van der Waals surface area (Å²) in [6, 6.07) is 5.64. The van der Waals surface area contributed by atoms with Crippen molar-refractivity contribution in [1.29, 1.82) is 0 Å². The maximum atomic E-state index is 8.66. The zero-order valence-corrected chi connectivity index (χ0v) is 9.90. The van der Waals surface area contributed by atoms with Crippen LogP contribution in [0.1, 0.15) is 5.56 Å². The first kappa shape index (κ1) is 13.4. The summed E-state index contributed by atoms with van der Waals surface area (Å²) < 4.78 is 10.6. The van der Waals surface area contributed by atoms with Crippen LogP contribution in [0.15, 0.2) is 18.2 Å². The van der Waals surface area contributed by atoms with Crippen LogP contribution in [-0.4, -0.2) is 32.0 Å². The number of rotatable bonds is 7. The molecule has 0 heterocycles. The van der Waals surface area contributed by atoms with Crippen molar-refractivity contribution in [3.63, 3.8) is 0 Å². The van der Waals surface area contributed by atoms with Gasteiger partial charge in [0.05, 0.1) is 13.7 Å². The Kier molecular flexibility index (Phi) is 5.94. The largest absolute Gasteiger partial charge is 0.493 e. The van der Waals surface area contributed by atoms with Gasteiger partial charge in [0.25, 0.3) is 0 Å². The van der Waals surface area contributed by atoms with Crippen LogP contribution >= 0.6 is 0 Å². The fraction of sp³-hybridized carbons (Fsp3) is 0.385. The molecule has 0 amide bonds. The summed E-state index contributed by atoms with van der Waals surface area (Å²) in [7, 11) is 1.59. The lowest BCUT2D eigenvalue weighted by Gasteiger charge is -2.11. The fourth-order valence-corrected chi connectivity index (χ4v) is 1.37. The highest BCUT2D eigenvalue weighted by molar-refractivity contribution is 5.43. The SMILES string of the molecule is C#CCOc1ccc(CNCCO)cc1OC. The third-order valence-corrected chi connectivity index (χ3v) is 2.16.